The number of benzene rings is 1. The van der Waals surface area contributed by atoms with Gasteiger partial charge in [0.1, 0.15) is 12.1 Å². The summed E-state index contributed by atoms with van der Waals surface area (Å²) in [4.78, 5) is 24.3. The second kappa shape index (κ2) is 7.99. The van der Waals surface area contributed by atoms with Crippen LogP contribution in [0.5, 0.6) is 11.6 Å². The van der Waals surface area contributed by atoms with E-state index in [1.807, 2.05) is 18.7 Å². The minimum absolute atomic E-state index is 0.0428. The number of hydrogen-bond acceptors (Lipinski definition) is 5. The SMILES string of the molecule is CCNC(=O)N1CCN(c2cc(Oc3ccccc3F)ncn2)C[C@@H]1C. The second-order valence-electron chi connectivity index (χ2n) is 6.07. The van der Waals surface area contributed by atoms with Gasteiger partial charge < -0.3 is 19.9 Å². The molecule has 0 bridgehead atoms. The molecule has 1 atom stereocenters. The van der Waals surface area contributed by atoms with Gasteiger partial charge in [0.15, 0.2) is 11.6 Å². The number of nitrogens with zero attached hydrogens (tertiary/aromatic N) is 4. The van der Waals surface area contributed by atoms with Gasteiger partial charge in [-0.15, -0.1) is 0 Å². The fraction of sp³-hybridized carbons (Fsp3) is 0.389. The lowest BCUT2D eigenvalue weighted by Crippen LogP contribution is -2.56. The number of carbonyl (C=O) groups excluding carboxylic acids is 1. The molecule has 0 spiro atoms. The molecular weight excluding hydrogens is 337 g/mol. The molecule has 2 aromatic rings. The predicted octanol–water partition coefficient (Wildman–Crippen LogP) is 2.65. The summed E-state index contributed by atoms with van der Waals surface area (Å²) in [6.45, 7) is 6.40. The molecule has 0 unspecified atom stereocenters. The number of aromatic nitrogens is 2. The number of nitrogens with one attached hydrogen (secondary N) is 1. The number of para-hydroxylation sites is 1. The Balaban J connectivity index is 1.69. The monoisotopic (exact) mass is 359 g/mol. The lowest BCUT2D eigenvalue weighted by Gasteiger charge is -2.40. The fourth-order valence-corrected chi connectivity index (χ4v) is 2.92. The number of piperazine rings is 1. The molecule has 1 fully saturated rings. The molecule has 8 heteroatoms. The minimum atomic E-state index is -0.447. The van der Waals surface area contributed by atoms with Gasteiger partial charge in [0.05, 0.1) is 0 Å². The first kappa shape index (κ1) is 17.9. The van der Waals surface area contributed by atoms with Gasteiger partial charge in [-0.3, -0.25) is 0 Å². The Bertz CT molecular complexity index is 773. The van der Waals surface area contributed by atoms with Crippen molar-refractivity contribution < 1.29 is 13.9 Å². The quantitative estimate of drug-likeness (QED) is 0.909. The van der Waals surface area contributed by atoms with Crippen molar-refractivity contribution in [3.8, 4) is 11.6 Å². The van der Waals surface area contributed by atoms with Crippen LogP contribution in [0.3, 0.4) is 0 Å². The van der Waals surface area contributed by atoms with E-state index in [9.17, 15) is 9.18 Å². The second-order valence-corrected chi connectivity index (χ2v) is 6.07. The van der Waals surface area contributed by atoms with Crippen LogP contribution in [0.15, 0.2) is 36.7 Å². The molecule has 1 aromatic heterocycles. The van der Waals surface area contributed by atoms with Crippen molar-refractivity contribution in [1.82, 2.24) is 20.2 Å². The van der Waals surface area contributed by atoms with Gasteiger partial charge in [-0.05, 0) is 26.0 Å². The number of hydrogen-bond donors (Lipinski definition) is 1. The molecule has 1 saturated heterocycles. The maximum atomic E-state index is 13.7. The molecule has 2 heterocycles. The van der Waals surface area contributed by atoms with Crippen LogP contribution in [-0.4, -0.2) is 53.1 Å². The average molecular weight is 359 g/mol. The normalized spacial score (nSPS) is 17.1. The summed E-state index contributed by atoms with van der Waals surface area (Å²) < 4.78 is 19.3. The zero-order chi connectivity index (χ0) is 18.5. The molecular formula is C18H22FN5O2. The van der Waals surface area contributed by atoms with E-state index in [1.54, 1.807) is 24.3 Å². The topological polar surface area (TPSA) is 70.6 Å². The molecule has 7 nitrogen and oxygen atoms in total. The van der Waals surface area contributed by atoms with Crippen molar-refractivity contribution in [2.45, 2.75) is 19.9 Å². The van der Waals surface area contributed by atoms with Gasteiger partial charge in [-0.1, -0.05) is 12.1 Å². The van der Waals surface area contributed by atoms with Crippen LogP contribution in [0.25, 0.3) is 0 Å². The highest BCUT2D eigenvalue weighted by Gasteiger charge is 2.28. The highest BCUT2D eigenvalue weighted by Crippen LogP contribution is 2.25. The molecule has 1 aliphatic rings. The van der Waals surface area contributed by atoms with E-state index in [2.05, 4.69) is 20.2 Å². The zero-order valence-corrected chi connectivity index (χ0v) is 14.9. The first-order valence-corrected chi connectivity index (χ1v) is 8.62. The number of urea groups is 1. The smallest absolute Gasteiger partial charge is 0.317 e. The maximum absolute atomic E-state index is 13.7. The van der Waals surface area contributed by atoms with Crippen molar-refractivity contribution in [2.24, 2.45) is 0 Å². The Morgan fingerprint density at radius 3 is 2.88 bits per heavy atom. The third-order valence-electron chi connectivity index (χ3n) is 4.22. The van der Waals surface area contributed by atoms with E-state index in [0.29, 0.717) is 32.0 Å². The van der Waals surface area contributed by atoms with Crippen LogP contribution in [0, 0.1) is 5.82 Å². The van der Waals surface area contributed by atoms with Crippen LogP contribution in [0.4, 0.5) is 15.0 Å². The fourth-order valence-electron chi connectivity index (χ4n) is 2.92. The molecule has 3 rings (SSSR count). The van der Waals surface area contributed by atoms with Crippen LogP contribution in [0.1, 0.15) is 13.8 Å². The number of anilines is 1. The summed E-state index contributed by atoms with van der Waals surface area (Å²) in [5.74, 6) is 0.635. The van der Waals surface area contributed by atoms with Crippen molar-refractivity contribution in [3.63, 3.8) is 0 Å². The molecule has 26 heavy (non-hydrogen) atoms. The first-order chi connectivity index (χ1) is 12.6. The lowest BCUT2D eigenvalue weighted by molar-refractivity contribution is 0.172. The largest absolute Gasteiger partial charge is 0.436 e. The summed E-state index contributed by atoms with van der Waals surface area (Å²) >= 11 is 0. The molecule has 2 amide bonds. The third kappa shape index (κ3) is 4.01. The first-order valence-electron chi connectivity index (χ1n) is 8.62. The Morgan fingerprint density at radius 1 is 1.35 bits per heavy atom. The molecule has 1 aliphatic heterocycles. The summed E-state index contributed by atoms with van der Waals surface area (Å²) in [6.07, 6.45) is 1.40. The number of amides is 2. The molecule has 1 aromatic carbocycles. The minimum Gasteiger partial charge on any atom is -0.436 e. The van der Waals surface area contributed by atoms with Crippen LogP contribution in [0.2, 0.25) is 0 Å². The number of ether oxygens (including phenoxy) is 1. The van der Waals surface area contributed by atoms with Crippen LogP contribution < -0.4 is 15.0 Å². The Kier molecular flexibility index (Phi) is 5.50. The van der Waals surface area contributed by atoms with Gasteiger partial charge in [0.2, 0.25) is 5.88 Å². The highest BCUT2D eigenvalue weighted by atomic mass is 19.1. The summed E-state index contributed by atoms with van der Waals surface area (Å²) in [7, 11) is 0. The van der Waals surface area contributed by atoms with Crippen molar-refractivity contribution >= 4 is 11.8 Å². The molecule has 0 radical (unpaired) electrons. The summed E-state index contributed by atoms with van der Waals surface area (Å²) in [6, 6.07) is 7.85. The molecule has 0 aliphatic carbocycles. The summed E-state index contributed by atoms with van der Waals surface area (Å²) in [5.41, 5.74) is 0. The van der Waals surface area contributed by atoms with Crippen LogP contribution in [-0.2, 0) is 0 Å². The van der Waals surface area contributed by atoms with Gasteiger partial charge in [0.25, 0.3) is 0 Å². The van der Waals surface area contributed by atoms with Gasteiger partial charge >= 0.3 is 6.03 Å². The number of carbonyl (C=O) groups is 1. The van der Waals surface area contributed by atoms with E-state index in [1.165, 1.54) is 12.4 Å². The maximum Gasteiger partial charge on any atom is 0.317 e. The number of rotatable bonds is 4. The highest BCUT2D eigenvalue weighted by molar-refractivity contribution is 5.74. The van der Waals surface area contributed by atoms with Gasteiger partial charge in [0, 0.05) is 38.3 Å². The standard InChI is InChI=1S/C18H22FN5O2/c1-3-20-18(25)24-9-8-23(11-13(24)2)16-10-17(22-12-21-16)26-15-7-5-4-6-14(15)19/h4-7,10,12-13H,3,8-9,11H2,1-2H3,(H,20,25)/t13-/m0/s1. The average Bonchev–Trinajstić information content (AvgIpc) is 2.64. The Hall–Kier alpha value is -2.90. The molecule has 1 N–H and O–H groups in total. The van der Waals surface area contributed by atoms with E-state index < -0.39 is 5.82 Å². The lowest BCUT2D eigenvalue weighted by atomic mass is 10.2. The van der Waals surface area contributed by atoms with Crippen LogP contribution >= 0.6 is 0 Å². The van der Waals surface area contributed by atoms with E-state index >= 15 is 0 Å². The van der Waals surface area contributed by atoms with Crippen molar-refractivity contribution in [3.05, 3.63) is 42.5 Å². The van der Waals surface area contributed by atoms with E-state index in [-0.39, 0.29) is 23.7 Å². The van der Waals surface area contributed by atoms with E-state index in [0.717, 1.165) is 0 Å². The molecule has 0 saturated carbocycles. The van der Waals surface area contributed by atoms with Gasteiger partial charge in [-0.2, -0.15) is 0 Å². The van der Waals surface area contributed by atoms with Crippen molar-refractivity contribution in [2.75, 3.05) is 31.1 Å². The third-order valence-corrected chi connectivity index (χ3v) is 4.22. The predicted molar refractivity (Wildman–Crippen MR) is 96.0 cm³/mol. The summed E-state index contributed by atoms with van der Waals surface area (Å²) in [5, 5.41) is 2.83. The number of halogens is 1. The molecule has 138 valence electrons. The Morgan fingerprint density at radius 2 is 2.15 bits per heavy atom. The van der Waals surface area contributed by atoms with Gasteiger partial charge in [-0.25, -0.2) is 19.2 Å². The van der Waals surface area contributed by atoms with Crippen molar-refractivity contribution in [1.29, 1.82) is 0 Å². The Labute approximate surface area is 151 Å². The zero-order valence-electron chi connectivity index (χ0n) is 14.9. The van der Waals surface area contributed by atoms with E-state index in [4.69, 9.17) is 4.74 Å².